The Morgan fingerprint density at radius 1 is 1.19 bits per heavy atom. The van der Waals surface area contributed by atoms with E-state index in [0.717, 1.165) is 38.2 Å². The molecule has 0 spiro atoms. The molecule has 16 heavy (non-hydrogen) atoms. The molecule has 1 fully saturated rings. The number of rotatable bonds is 3. The minimum absolute atomic E-state index is 0.174. The summed E-state index contributed by atoms with van der Waals surface area (Å²) in [6.45, 7) is 2.54. The van der Waals surface area contributed by atoms with Gasteiger partial charge in [-0.05, 0) is 37.0 Å². The highest BCUT2D eigenvalue weighted by Gasteiger charge is 2.11. The normalized spacial score (nSPS) is 21.7. The van der Waals surface area contributed by atoms with Crippen molar-refractivity contribution in [1.82, 2.24) is 5.32 Å². The molecule has 1 aromatic carbocycles. The molecular formula is C13H18FNO. The van der Waals surface area contributed by atoms with Gasteiger partial charge in [-0.3, -0.25) is 0 Å². The standard InChI is InChI=1S/C13H18FNO/c14-12-5-3-11(4-6-12)10-15-13-2-1-8-16-9-7-13/h3-6,13,15H,1-2,7-10H2. The molecule has 1 aliphatic heterocycles. The molecule has 1 aliphatic rings. The summed E-state index contributed by atoms with van der Waals surface area (Å²) < 4.78 is 18.1. The summed E-state index contributed by atoms with van der Waals surface area (Å²) in [5.74, 6) is -0.174. The highest BCUT2D eigenvalue weighted by molar-refractivity contribution is 5.15. The lowest BCUT2D eigenvalue weighted by molar-refractivity contribution is 0.142. The van der Waals surface area contributed by atoms with Gasteiger partial charge in [-0.1, -0.05) is 12.1 Å². The maximum atomic E-state index is 12.7. The van der Waals surface area contributed by atoms with Crippen molar-refractivity contribution in [2.45, 2.75) is 31.8 Å². The summed E-state index contributed by atoms with van der Waals surface area (Å²) in [6.07, 6.45) is 3.36. The van der Waals surface area contributed by atoms with Crippen molar-refractivity contribution >= 4 is 0 Å². The lowest BCUT2D eigenvalue weighted by Gasteiger charge is -2.15. The van der Waals surface area contributed by atoms with Crippen LogP contribution in [-0.2, 0) is 11.3 Å². The second-order valence-corrected chi connectivity index (χ2v) is 4.25. The highest BCUT2D eigenvalue weighted by Crippen LogP contribution is 2.09. The Hall–Kier alpha value is -0.930. The number of halogens is 1. The molecule has 88 valence electrons. The van der Waals surface area contributed by atoms with Gasteiger partial charge in [-0.2, -0.15) is 0 Å². The fourth-order valence-corrected chi connectivity index (χ4v) is 1.97. The van der Waals surface area contributed by atoms with E-state index in [1.807, 2.05) is 12.1 Å². The number of ether oxygens (including phenoxy) is 1. The van der Waals surface area contributed by atoms with Crippen LogP contribution in [0, 0.1) is 5.82 Å². The molecular weight excluding hydrogens is 205 g/mol. The van der Waals surface area contributed by atoms with Crippen LogP contribution in [0.3, 0.4) is 0 Å². The van der Waals surface area contributed by atoms with Crippen LogP contribution in [0.15, 0.2) is 24.3 Å². The first kappa shape index (κ1) is 11.6. The fraction of sp³-hybridized carbons (Fsp3) is 0.538. The van der Waals surface area contributed by atoms with Crippen molar-refractivity contribution in [2.75, 3.05) is 13.2 Å². The molecule has 2 rings (SSSR count). The van der Waals surface area contributed by atoms with E-state index in [9.17, 15) is 4.39 Å². The monoisotopic (exact) mass is 223 g/mol. The summed E-state index contributed by atoms with van der Waals surface area (Å²) in [7, 11) is 0. The molecule has 1 unspecified atom stereocenters. The predicted molar refractivity (Wildman–Crippen MR) is 61.7 cm³/mol. The van der Waals surface area contributed by atoms with Gasteiger partial charge in [0.15, 0.2) is 0 Å². The summed E-state index contributed by atoms with van der Waals surface area (Å²) in [6, 6.07) is 7.21. The van der Waals surface area contributed by atoms with Gasteiger partial charge in [0, 0.05) is 25.8 Å². The first-order valence-corrected chi connectivity index (χ1v) is 5.90. The quantitative estimate of drug-likeness (QED) is 0.850. The Balaban J connectivity index is 1.79. The molecule has 1 heterocycles. The Bertz CT molecular complexity index is 304. The van der Waals surface area contributed by atoms with Crippen molar-refractivity contribution in [3.05, 3.63) is 35.6 Å². The van der Waals surface area contributed by atoms with Gasteiger partial charge in [-0.25, -0.2) is 4.39 Å². The Labute approximate surface area is 95.8 Å². The van der Waals surface area contributed by atoms with Gasteiger partial charge < -0.3 is 10.1 Å². The molecule has 1 N–H and O–H groups in total. The predicted octanol–water partition coefficient (Wildman–Crippen LogP) is 2.48. The smallest absolute Gasteiger partial charge is 0.123 e. The molecule has 0 bridgehead atoms. The molecule has 0 aliphatic carbocycles. The van der Waals surface area contributed by atoms with E-state index >= 15 is 0 Å². The summed E-state index contributed by atoms with van der Waals surface area (Å²) in [5, 5.41) is 3.49. The number of nitrogens with one attached hydrogen (secondary N) is 1. The average molecular weight is 223 g/mol. The molecule has 2 nitrogen and oxygen atoms in total. The molecule has 3 heteroatoms. The van der Waals surface area contributed by atoms with Crippen molar-refractivity contribution in [2.24, 2.45) is 0 Å². The Morgan fingerprint density at radius 3 is 2.81 bits per heavy atom. The topological polar surface area (TPSA) is 21.3 Å². The van der Waals surface area contributed by atoms with Crippen molar-refractivity contribution in [3.63, 3.8) is 0 Å². The first-order chi connectivity index (χ1) is 7.84. The molecule has 0 saturated carbocycles. The molecule has 1 aromatic rings. The average Bonchev–Trinajstić information content (AvgIpc) is 2.57. The van der Waals surface area contributed by atoms with Gasteiger partial charge >= 0.3 is 0 Å². The summed E-state index contributed by atoms with van der Waals surface area (Å²) >= 11 is 0. The second-order valence-electron chi connectivity index (χ2n) is 4.25. The van der Waals surface area contributed by atoms with Crippen LogP contribution < -0.4 is 5.32 Å². The second kappa shape index (κ2) is 5.97. The van der Waals surface area contributed by atoms with Gasteiger partial charge in [-0.15, -0.1) is 0 Å². The zero-order valence-electron chi connectivity index (χ0n) is 9.42. The van der Waals surface area contributed by atoms with E-state index in [1.54, 1.807) is 0 Å². The van der Waals surface area contributed by atoms with Crippen LogP contribution in [-0.4, -0.2) is 19.3 Å². The van der Waals surface area contributed by atoms with Crippen LogP contribution in [0.5, 0.6) is 0 Å². The minimum Gasteiger partial charge on any atom is -0.381 e. The fourth-order valence-electron chi connectivity index (χ4n) is 1.97. The zero-order chi connectivity index (χ0) is 11.2. The molecule has 0 amide bonds. The lowest BCUT2D eigenvalue weighted by atomic mass is 10.1. The highest BCUT2D eigenvalue weighted by atomic mass is 19.1. The van der Waals surface area contributed by atoms with Crippen molar-refractivity contribution in [3.8, 4) is 0 Å². The van der Waals surface area contributed by atoms with Gasteiger partial charge in [0.05, 0.1) is 0 Å². The maximum absolute atomic E-state index is 12.7. The summed E-state index contributed by atoms with van der Waals surface area (Å²) in [5.41, 5.74) is 1.13. The Kier molecular flexibility index (Phi) is 4.31. The largest absolute Gasteiger partial charge is 0.381 e. The van der Waals surface area contributed by atoms with E-state index in [4.69, 9.17) is 4.74 Å². The van der Waals surface area contributed by atoms with E-state index in [1.165, 1.54) is 18.6 Å². The van der Waals surface area contributed by atoms with Crippen LogP contribution >= 0.6 is 0 Å². The van der Waals surface area contributed by atoms with Crippen molar-refractivity contribution < 1.29 is 9.13 Å². The van der Waals surface area contributed by atoms with E-state index in [2.05, 4.69) is 5.32 Å². The van der Waals surface area contributed by atoms with Gasteiger partial charge in [0.25, 0.3) is 0 Å². The maximum Gasteiger partial charge on any atom is 0.123 e. The first-order valence-electron chi connectivity index (χ1n) is 5.90. The SMILES string of the molecule is Fc1ccc(CNC2CCCOCC2)cc1. The zero-order valence-corrected chi connectivity index (χ0v) is 9.42. The molecule has 0 aromatic heterocycles. The van der Waals surface area contributed by atoms with E-state index < -0.39 is 0 Å². The van der Waals surface area contributed by atoms with E-state index in [-0.39, 0.29) is 5.82 Å². The number of benzene rings is 1. The Morgan fingerprint density at radius 2 is 2.00 bits per heavy atom. The van der Waals surface area contributed by atoms with Crippen molar-refractivity contribution in [1.29, 1.82) is 0 Å². The van der Waals surface area contributed by atoms with Crippen LogP contribution in [0.2, 0.25) is 0 Å². The number of hydrogen-bond donors (Lipinski definition) is 1. The third-order valence-corrected chi connectivity index (χ3v) is 2.96. The van der Waals surface area contributed by atoms with Crippen LogP contribution in [0.25, 0.3) is 0 Å². The number of hydrogen-bond acceptors (Lipinski definition) is 2. The lowest BCUT2D eigenvalue weighted by Crippen LogP contribution is -2.28. The molecule has 1 atom stereocenters. The summed E-state index contributed by atoms with van der Waals surface area (Å²) in [4.78, 5) is 0. The van der Waals surface area contributed by atoms with Gasteiger partial charge in [0.1, 0.15) is 5.82 Å². The molecule has 1 saturated heterocycles. The third kappa shape index (κ3) is 3.58. The van der Waals surface area contributed by atoms with Crippen LogP contribution in [0.4, 0.5) is 4.39 Å². The third-order valence-electron chi connectivity index (χ3n) is 2.96. The molecule has 0 radical (unpaired) electrons. The van der Waals surface area contributed by atoms with Crippen LogP contribution in [0.1, 0.15) is 24.8 Å². The minimum atomic E-state index is -0.174. The van der Waals surface area contributed by atoms with Gasteiger partial charge in [0.2, 0.25) is 0 Å². The van der Waals surface area contributed by atoms with E-state index in [0.29, 0.717) is 6.04 Å².